The second-order valence-electron chi connectivity index (χ2n) is 9.67. The Bertz CT molecular complexity index is 1640. The van der Waals surface area contributed by atoms with E-state index in [4.69, 9.17) is 4.74 Å². The second kappa shape index (κ2) is 10.5. The maximum Gasteiger partial charge on any atom is 0.337 e. The predicted octanol–water partition coefficient (Wildman–Crippen LogP) is 3.70. The molecule has 0 saturated carbocycles. The molecule has 2 aliphatic rings. The average Bonchev–Trinajstić information content (AvgIpc) is 2.92. The summed E-state index contributed by atoms with van der Waals surface area (Å²) >= 11 is 0. The largest absolute Gasteiger partial charge is 0.511 e. The number of nitrogens with zero attached hydrogens (tertiary/aromatic N) is 1. The van der Waals surface area contributed by atoms with E-state index in [0.717, 1.165) is 11.6 Å². The van der Waals surface area contributed by atoms with Crippen LogP contribution in [0.1, 0.15) is 44.2 Å². The lowest BCUT2D eigenvalue weighted by molar-refractivity contribution is -0.137. The number of fused-ring (bicyclic) bond motifs is 1. The number of carboxylic acids is 1. The van der Waals surface area contributed by atoms with E-state index in [0.29, 0.717) is 12.1 Å². The summed E-state index contributed by atoms with van der Waals surface area (Å²) in [6.45, 7) is 0. The molecule has 11 nitrogen and oxygen atoms in total. The fourth-order valence-electron chi connectivity index (χ4n) is 5.12. The molecule has 1 heterocycles. The molecule has 11 heteroatoms. The highest BCUT2D eigenvalue weighted by molar-refractivity contribution is 6.04. The van der Waals surface area contributed by atoms with Gasteiger partial charge in [-0.15, -0.1) is 0 Å². The molecule has 5 rings (SSSR count). The Kier molecular flexibility index (Phi) is 6.99. The number of phenols is 1. The lowest BCUT2D eigenvalue weighted by Gasteiger charge is -2.34. The number of carboxylic acid groups (broad SMARTS) is 1. The minimum absolute atomic E-state index is 0.0190. The number of aromatic hydroxyl groups is 1. The number of benzene rings is 3. The smallest absolute Gasteiger partial charge is 0.337 e. The van der Waals surface area contributed by atoms with Crippen LogP contribution in [-0.2, 0) is 16.0 Å². The van der Waals surface area contributed by atoms with E-state index in [2.05, 4.69) is 5.32 Å². The van der Waals surface area contributed by atoms with Crippen LogP contribution in [0.3, 0.4) is 0 Å². The number of anilines is 3. The van der Waals surface area contributed by atoms with Gasteiger partial charge in [-0.1, -0.05) is 24.3 Å². The van der Waals surface area contributed by atoms with Crippen molar-refractivity contribution in [3.8, 4) is 5.75 Å². The normalized spacial score (nSPS) is 17.7. The van der Waals surface area contributed by atoms with Crippen LogP contribution in [-0.4, -0.2) is 56.3 Å². The molecule has 0 bridgehead atoms. The number of nitrogens with one attached hydrogen (secondary N) is 1. The van der Waals surface area contributed by atoms with E-state index < -0.39 is 35.2 Å². The van der Waals surface area contributed by atoms with Gasteiger partial charge in [-0.05, 0) is 54.5 Å². The van der Waals surface area contributed by atoms with Gasteiger partial charge >= 0.3 is 11.9 Å². The van der Waals surface area contributed by atoms with Crippen molar-refractivity contribution >= 4 is 34.9 Å². The third-order valence-electron chi connectivity index (χ3n) is 7.02. The van der Waals surface area contributed by atoms with Crippen molar-refractivity contribution in [2.45, 2.75) is 24.5 Å². The Morgan fingerprint density at radius 2 is 1.78 bits per heavy atom. The fourth-order valence-corrected chi connectivity index (χ4v) is 5.12. The molecule has 6 N–H and O–H groups in total. The van der Waals surface area contributed by atoms with Gasteiger partial charge in [0.15, 0.2) is 5.79 Å². The minimum atomic E-state index is -2.69. The molecule has 0 radical (unpaired) electrons. The molecule has 1 aliphatic heterocycles. The van der Waals surface area contributed by atoms with Gasteiger partial charge in [0.2, 0.25) is 5.91 Å². The maximum atomic E-state index is 13.0. The minimum Gasteiger partial charge on any atom is -0.511 e. The lowest BCUT2D eigenvalue weighted by atomic mass is 9.83. The lowest BCUT2D eigenvalue weighted by Crippen LogP contribution is -2.38. The summed E-state index contributed by atoms with van der Waals surface area (Å²) in [4.78, 5) is 37.9. The zero-order chi connectivity index (χ0) is 29.5. The number of aryl methyl sites for hydroxylation is 1. The third-order valence-corrected chi connectivity index (χ3v) is 7.02. The number of esters is 1. The van der Waals surface area contributed by atoms with Crippen molar-refractivity contribution in [2.75, 3.05) is 17.3 Å². The number of amides is 1. The molecular weight excluding hydrogens is 532 g/mol. The number of aromatic carboxylic acids is 1. The first-order chi connectivity index (χ1) is 19.5. The quantitative estimate of drug-likeness (QED) is 0.193. The number of carbonyl (C=O) groups is 3. The van der Waals surface area contributed by atoms with Crippen molar-refractivity contribution in [2.24, 2.45) is 0 Å². The van der Waals surface area contributed by atoms with Gasteiger partial charge in [0, 0.05) is 23.7 Å². The van der Waals surface area contributed by atoms with Crippen molar-refractivity contribution in [3.63, 3.8) is 0 Å². The number of hydrogen-bond acceptors (Lipinski definition) is 9. The van der Waals surface area contributed by atoms with Crippen LogP contribution < -0.4 is 10.2 Å². The van der Waals surface area contributed by atoms with Gasteiger partial charge in [0.25, 0.3) is 0 Å². The number of hydrogen-bond donors (Lipinski definition) is 6. The summed E-state index contributed by atoms with van der Waals surface area (Å²) in [5.41, 5.74) is 1.86. The molecule has 1 aliphatic carbocycles. The highest BCUT2D eigenvalue weighted by atomic mass is 16.5. The van der Waals surface area contributed by atoms with Gasteiger partial charge in [0.05, 0.1) is 35.3 Å². The topological polar surface area (TPSA) is 177 Å². The van der Waals surface area contributed by atoms with Gasteiger partial charge < -0.3 is 35.6 Å². The standard InChI is InChI=1S/C30H26N2O9/c1-41-29(38)17-7-6-16-8-11-26(35)32(23(16)12-17)19-9-10-21(24(33)14-19)27-25(34)13-18(15-30(27,39)40)31-22-5-3-2-4-20(22)28(36)37/h2-7,9-10,12-15,27,31,33-34,39-40H,8,11H2,1H3,(H,36,37). The highest BCUT2D eigenvalue weighted by Crippen LogP contribution is 2.44. The van der Waals surface area contributed by atoms with Crippen LogP contribution in [0.25, 0.3) is 0 Å². The molecule has 0 aromatic heterocycles. The third kappa shape index (κ3) is 5.11. The maximum absolute atomic E-state index is 13.0. The van der Waals surface area contributed by atoms with E-state index in [1.807, 2.05) is 0 Å². The first kappa shape index (κ1) is 27.4. The Morgan fingerprint density at radius 1 is 1.02 bits per heavy atom. The van der Waals surface area contributed by atoms with Gasteiger partial charge in [0.1, 0.15) is 17.4 Å². The predicted molar refractivity (Wildman–Crippen MR) is 147 cm³/mol. The molecule has 0 saturated heterocycles. The monoisotopic (exact) mass is 558 g/mol. The van der Waals surface area contributed by atoms with Gasteiger partial charge in [-0.25, -0.2) is 9.59 Å². The van der Waals surface area contributed by atoms with Gasteiger partial charge in [-0.2, -0.15) is 0 Å². The number of methoxy groups -OCH3 is 1. The van der Waals surface area contributed by atoms with Crippen LogP contribution in [0.4, 0.5) is 17.1 Å². The molecule has 3 aromatic carbocycles. The van der Waals surface area contributed by atoms with E-state index in [1.54, 1.807) is 18.2 Å². The number of rotatable bonds is 6. The molecule has 1 unspecified atom stereocenters. The Balaban J connectivity index is 1.47. The molecule has 0 spiro atoms. The Labute approximate surface area is 233 Å². The van der Waals surface area contributed by atoms with E-state index in [-0.39, 0.29) is 46.1 Å². The number of allylic oxidation sites excluding steroid dienone is 1. The number of para-hydroxylation sites is 1. The fraction of sp³-hybridized carbons (Fsp3) is 0.167. The molecular formula is C30H26N2O9. The SMILES string of the molecule is COC(=O)c1ccc2c(c1)N(c1ccc(C3C(O)=CC(Nc4ccccc4C(=O)O)=CC3(O)O)c(O)c1)C(=O)CC2. The van der Waals surface area contributed by atoms with Crippen molar-refractivity contribution in [3.05, 3.63) is 107 Å². The average molecular weight is 559 g/mol. The summed E-state index contributed by atoms with van der Waals surface area (Å²) in [5.74, 6) is -7.18. The number of ether oxygens (including phenoxy) is 1. The molecule has 1 amide bonds. The summed E-state index contributed by atoms with van der Waals surface area (Å²) in [6.07, 6.45) is 2.84. The van der Waals surface area contributed by atoms with Crippen LogP contribution in [0.5, 0.6) is 5.75 Å². The Morgan fingerprint density at radius 3 is 2.46 bits per heavy atom. The van der Waals surface area contributed by atoms with Crippen molar-refractivity contribution < 1.29 is 44.7 Å². The molecule has 210 valence electrons. The van der Waals surface area contributed by atoms with Crippen LogP contribution in [0.2, 0.25) is 0 Å². The molecule has 0 fully saturated rings. The molecule has 3 aromatic rings. The van der Waals surface area contributed by atoms with Crippen LogP contribution in [0, 0.1) is 0 Å². The highest BCUT2D eigenvalue weighted by Gasteiger charge is 2.42. The number of aliphatic hydroxyl groups excluding tert-OH is 1. The summed E-state index contributed by atoms with van der Waals surface area (Å²) in [6, 6.07) is 15.0. The summed E-state index contributed by atoms with van der Waals surface area (Å²) < 4.78 is 4.79. The van der Waals surface area contributed by atoms with Gasteiger partial charge in [-0.3, -0.25) is 9.69 Å². The molecule has 1 atom stereocenters. The Hall–Kier alpha value is -5.13. The zero-order valence-electron chi connectivity index (χ0n) is 21.7. The van der Waals surface area contributed by atoms with Crippen LogP contribution in [0.15, 0.2) is 84.3 Å². The van der Waals surface area contributed by atoms with E-state index >= 15 is 0 Å². The first-order valence-corrected chi connectivity index (χ1v) is 12.5. The van der Waals surface area contributed by atoms with Crippen molar-refractivity contribution in [1.29, 1.82) is 0 Å². The van der Waals surface area contributed by atoms with E-state index in [1.165, 1.54) is 60.6 Å². The number of phenolic OH excluding ortho intramolecular Hbond substituents is 1. The second-order valence-corrected chi connectivity index (χ2v) is 9.67. The summed E-state index contributed by atoms with van der Waals surface area (Å²) in [5, 5.41) is 55.8. The van der Waals surface area contributed by atoms with Crippen molar-refractivity contribution in [1.82, 2.24) is 0 Å². The summed E-state index contributed by atoms with van der Waals surface area (Å²) in [7, 11) is 1.25. The number of carbonyl (C=O) groups excluding carboxylic acids is 2. The van der Waals surface area contributed by atoms with E-state index in [9.17, 15) is 39.9 Å². The molecule has 41 heavy (non-hydrogen) atoms. The zero-order valence-corrected chi connectivity index (χ0v) is 21.7. The van der Waals surface area contributed by atoms with Crippen LogP contribution >= 0.6 is 0 Å². The number of aliphatic hydroxyl groups is 3. The first-order valence-electron chi connectivity index (χ1n) is 12.5.